The first-order chi connectivity index (χ1) is 15.9. The summed E-state index contributed by atoms with van der Waals surface area (Å²) in [5, 5.41) is 3.05. The normalized spacial score (nSPS) is 20.8. The maximum Gasteiger partial charge on any atom is 0.246 e. The monoisotopic (exact) mass is 449 g/mol. The molecule has 2 saturated heterocycles. The molecule has 0 saturated carbocycles. The van der Waals surface area contributed by atoms with E-state index >= 15 is 0 Å². The van der Waals surface area contributed by atoms with Crippen LogP contribution < -0.4 is 10.1 Å². The number of likely N-dealkylation sites (N-methyl/N-ethyl adjacent to an activating group) is 1. The van der Waals surface area contributed by atoms with Crippen LogP contribution in [-0.2, 0) is 16.1 Å². The van der Waals surface area contributed by atoms with Crippen molar-refractivity contribution in [2.75, 3.05) is 19.6 Å². The standard InChI is InChI=1S/C27H35N3O3/c1-4-30-25(31)24(18-20(2)3)28-26(32)27(30)14-16-29(17-15-27)19-21-10-12-23(13-11-21)33-22-8-6-5-7-9-22/h5-13,20,24H,4,14-19H2,1-3H3,(H,28,32). The minimum absolute atomic E-state index is 0.0247. The van der Waals surface area contributed by atoms with Crippen molar-refractivity contribution in [3.63, 3.8) is 0 Å². The van der Waals surface area contributed by atoms with Crippen molar-refractivity contribution >= 4 is 11.8 Å². The lowest BCUT2D eigenvalue weighted by Gasteiger charge is -2.51. The number of nitrogens with one attached hydrogen (secondary N) is 1. The average molecular weight is 450 g/mol. The lowest BCUT2D eigenvalue weighted by molar-refractivity contribution is -0.161. The van der Waals surface area contributed by atoms with Crippen LogP contribution in [-0.4, -0.2) is 52.8 Å². The quantitative estimate of drug-likeness (QED) is 0.688. The topological polar surface area (TPSA) is 61.9 Å². The number of rotatable bonds is 7. The Morgan fingerprint density at radius 2 is 1.64 bits per heavy atom. The molecule has 4 rings (SSSR count). The molecule has 0 aromatic heterocycles. The van der Waals surface area contributed by atoms with Gasteiger partial charge in [0.1, 0.15) is 23.1 Å². The molecule has 2 aromatic rings. The molecule has 33 heavy (non-hydrogen) atoms. The number of carbonyl (C=O) groups is 2. The number of piperazine rings is 1. The van der Waals surface area contributed by atoms with Crippen LogP contribution in [0.3, 0.4) is 0 Å². The van der Waals surface area contributed by atoms with Crippen LogP contribution in [0.25, 0.3) is 0 Å². The smallest absolute Gasteiger partial charge is 0.246 e. The van der Waals surface area contributed by atoms with E-state index < -0.39 is 11.6 Å². The number of piperidine rings is 1. The predicted molar refractivity (Wildman–Crippen MR) is 129 cm³/mol. The number of likely N-dealkylation sites (tertiary alicyclic amines) is 1. The summed E-state index contributed by atoms with van der Waals surface area (Å²) in [7, 11) is 0. The molecule has 1 N–H and O–H groups in total. The molecule has 2 fully saturated rings. The van der Waals surface area contributed by atoms with Gasteiger partial charge in [-0.15, -0.1) is 0 Å². The summed E-state index contributed by atoms with van der Waals surface area (Å²) in [6, 6.07) is 17.5. The highest BCUT2D eigenvalue weighted by molar-refractivity contribution is 6.00. The van der Waals surface area contributed by atoms with Crippen molar-refractivity contribution in [3.05, 3.63) is 60.2 Å². The van der Waals surface area contributed by atoms with Gasteiger partial charge in [-0.05, 0) is 61.9 Å². The summed E-state index contributed by atoms with van der Waals surface area (Å²) in [6.07, 6.45) is 2.03. The van der Waals surface area contributed by atoms with E-state index in [0.717, 1.165) is 31.1 Å². The number of benzene rings is 2. The Bertz CT molecular complexity index is 950. The van der Waals surface area contributed by atoms with Crippen LogP contribution in [0, 0.1) is 5.92 Å². The van der Waals surface area contributed by atoms with E-state index in [-0.39, 0.29) is 11.8 Å². The number of amides is 2. The number of ether oxygens (including phenoxy) is 1. The molecule has 2 amide bonds. The first-order valence-electron chi connectivity index (χ1n) is 12.1. The van der Waals surface area contributed by atoms with Gasteiger partial charge >= 0.3 is 0 Å². The van der Waals surface area contributed by atoms with Crippen LogP contribution in [0.2, 0.25) is 0 Å². The molecule has 0 radical (unpaired) electrons. The van der Waals surface area contributed by atoms with Gasteiger partial charge in [0, 0.05) is 26.2 Å². The van der Waals surface area contributed by atoms with Gasteiger partial charge in [0.15, 0.2) is 0 Å². The lowest BCUT2D eigenvalue weighted by atomic mass is 9.81. The summed E-state index contributed by atoms with van der Waals surface area (Å²) < 4.78 is 5.88. The minimum Gasteiger partial charge on any atom is -0.457 e. The number of para-hydroxylation sites is 1. The second-order valence-corrected chi connectivity index (χ2v) is 9.60. The largest absolute Gasteiger partial charge is 0.457 e. The summed E-state index contributed by atoms with van der Waals surface area (Å²) in [6.45, 7) is 9.11. The van der Waals surface area contributed by atoms with Gasteiger partial charge in [-0.2, -0.15) is 0 Å². The summed E-state index contributed by atoms with van der Waals surface area (Å²) >= 11 is 0. The third-order valence-corrected chi connectivity index (χ3v) is 6.82. The SMILES string of the molecule is CCN1C(=O)C(CC(C)C)NC(=O)C12CCN(Cc1ccc(Oc3ccccc3)cc1)CC2. The van der Waals surface area contributed by atoms with E-state index in [0.29, 0.717) is 31.7 Å². The molecule has 1 unspecified atom stereocenters. The van der Waals surface area contributed by atoms with E-state index in [1.807, 2.05) is 54.3 Å². The maximum absolute atomic E-state index is 13.2. The van der Waals surface area contributed by atoms with Crippen molar-refractivity contribution in [1.29, 1.82) is 0 Å². The molecule has 176 valence electrons. The summed E-state index contributed by atoms with van der Waals surface area (Å²) in [4.78, 5) is 30.5. The van der Waals surface area contributed by atoms with Gasteiger partial charge < -0.3 is 15.0 Å². The number of hydrogen-bond acceptors (Lipinski definition) is 4. The van der Waals surface area contributed by atoms with Gasteiger partial charge in [0.05, 0.1) is 0 Å². The zero-order chi connectivity index (χ0) is 23.4. The first kappa shape index (κ1) is 23.3. The molecule has 2 heterocycles. The van der Waals surface area contributed by atoms with E-state index in [2.05, 4.69) is 36.2 Å². The zero-order valence-electron chi connectivity index (χ0n) is 19.9. The Balaban J connectivity index is 1.36. The minimum atomic E-state index is -0.705. The zero-order valence-corrected chi connectivity index (χ0v) is 19.9. The van der Waals surface area contributed by atoms with Crippen molar-refractivity contribution in [2.24, 2.45) is 5.92 Å². The molecule has 1 spiro atoms. The highest BCUT2D eigenvalue weighted by atomic mass is 16.5. The van der Waals surface area contributed by atoms with Gasteiger partial charge in [0.2, 0.25) is 11.8 Å². The average Bonchev–Trinajstić information content (AvgIpc) is 2.81. The van der Waals surface area contributed by atoms with Gasteiger partial charge in [-0.25, -0.2) is 0 Å². The molecule has 1 atom stereocenters. The van der Waals surface area contributed by atoms with Crippen molar-refractivity contribution in [2.45, 2.75) is 58.2 Å². The van der Waals surface area contributed by atoms with Gasteiger partial charge in [0.25, 0.3) is 0 Å². The number of carbonyl (C=O) groups excluding carboxylic acids is 2. The Morgan fingerprint density at radius 3 is 2.24 bits per heavy atom. The molecule has 0 bridgehead atoms. The van der Waals surface area contributed by atoms with Crippen molar-refractivity contribution in [1.82, 2.24) is 15.1 Å². The third kappa shape index (κ3) is 5.06. The Hall–Kier alpha value is -2.86. The van der Waals surface area contributed by atoms with Crippen LogP contribution in [0.1, 0.15) is 45.6 Å². The Kier molecular flexibility index (Phi) is 7.03. The molecule has 6 nitrogen and oxygen atoms in total. The maximum atomic E-state index is 13.2. The second kappa shape index (κ2) is 9.96. The van der Waals surface area contributed by atoms with E-state index in [4.69, 9.17) is 4.74 Å². The van der Waals surface area contributed by atoms with E-state index in [1.54, 1.807) is 0 Å². The van der Waals surface area contributed by atoms with Crippen LogP contribution in [0.5, 0.6) is 11.5 Å². The first-order valence-corrected chi connectivity index (χ1v) is 12.1. The highest BCUT2D eigenvalue weighted by Crippen LogP contribution is 2.34. The lowest BCUT2D eigenvalue weighted by Crippen LogP contribution is -2.72. The Labute approximate surface area is 196 Å². The molecule has 0 aliphatic carbocycles. The molecule has 2 aromatic carbocycles. The van der Waals surface area contributed by atoms with Crippen LogP contribution in [0.4, 0.5) is 0 Å². The second-order valence-electron chi connectivity index (χ2n) is 9.60. The fourth-order valence-corrected chi connectivity index (χ4v) is 5.09. The summed E-state index contributed by atoms with van der Waals surface area (Å²) in [5.74, 6) is 2.10. The predicted octanol–water partition coefficient (Wildman–Crippen LogP) is 4.21. The fourth-order valence-electron chi connectivity index (χ4n) is 5.09. The van der Waals surface area contributed by atoms with Crippen molar-refractivity contribution in [3.8, 4) is 11.5 Å². The number of hydrogen-bond donors (Lipinski definition) is 1. The third-order valence-electron chi connectivity index (χ3n) is 6.82. The molecule has 2 aliphatic heterocycles. The highest BCUT2D eigenvalue weighted by Gasteiger charge is 2.52. The molecular formula is C27H35N3O3. The van der Waals surface area contributed by atoms with E-state index in [9.17, 15) is 9.59 Å². The van der Waals surface area contributed by atoms with E-state index in [1.165, 1.54) is 5.56 Å². The van der Waals surface area contributed by atoms with Gasteiger partial charge in [-0.1, -0.05) is 44.2 Å². The number of nitrogens with zero attached hydrogens (tertiary/aromatic N) is 2. The van der Waals surface area contributed by atoms with Gasteiger partial charge in [-0.3, -0.25) is 14.5 Å². The molecule has 2 aliphatic rings. The molecular weight excluding hydrogens is 414 g/mol. The summed E-state index contributed by atoms with van der Waals surface area (Å²) in [5.41, 5.74) is 0.503. The Morgan fingerprint density at radius 1 is 1.00 bits per heavy atom. The van der Waals surface area contributed by atoms with Crippen molar-refractivity contribution < 1.29 is 14.3 Å². The fraction of sp³-hybridized carbons (Fsp3) is 0.481. The van der Waals surface area contributed by atoms with Crippen LogP contribution in [0.15, 0.2) is 54.6 Å². The molecule has 6 heteroatoms. The van der Waals surface area contributed by atoms with Crippen LogP contribution >= 0.6 is 0 Å².